The Morgan fingerprint density at radius 2 is 2.12 bits per heavy atom. The van der Waals surface area contributed by atoms with Gasteiger partial charge in [-0.25, -0.2) is 4.98 Å². The number of hydrogen-bond donors (Lipinski definition) is 2. The summed E-state index contributed by atoms with van der Waals surface area (Å²) in [6.07, 6.45) is 3.20. The first kappa shape index (κ1) is 16.4. The van der Waals surface area contributed by atoms with Crippen molar-refractivity contribution in [1.82, 2.24) is 4.98 Å². The Hall–Kier alpha value is -3.12. The first-order valence-corrected chi connectivity index (χ1v) is 8.53. The molecule has 4 rings (SSSR count). The van der Waals surface area contributed by atoms with Gasteiger partial charge in [-0.1, -0.05) is 18.2 Å². The Morgan fingerprint density at radius 3 is 2.88 bits per heavy atom. The lowest BCUT2D eigenvalue weighted by Crippen LogP contribution is -2.29. The minimum absolute atomic E-state index is 0.0513. The number of rotatable bonds is 5. The number of aromatic nitrogens is 1. The van der Waals surface area contributed by atoms with E-state index in [0.29, 0.717) is 23.7 Å². The molecule has 1 amide bonds. The normalized spacial score (nSPS) is 14.1. The molecule has 0 spiro atoms. The fourth-order valence-electron chi connectivity index (χ4n) is 3.11. The minimum atomic E-state index is -0.755. The van der Waals surface area contributed by atoms with Gasteiger partial charge in [-0.2, -0.15) is 0 Å². The predicted molar refractivity (Wildman–Crippen MR) is 98.2 cm³/mol. The zero-order chi connectivity index (χ0) is 17.9. The van der Waals surface area contributed by atoms with Crippen LogP contribution in [0.25, 0.3) is 0 Å². The molecule has 3 heterocycles. The molecule has 1 unspecified atom stereocenters. The molecule has 2 N–H and O–H groups in total. The van der Waals surface area contributed by atoms with E-state index >= 15 is 0 Å². The van der Waals surface area contributed by atoms with E-state index in [4.69, 9.17) is 4.42 Å². The van der Waals surface area contributed by atoms with Gasteiger partial charge in [-0.15, -0.1) is 0 Å². The number of fused-ring (bicyclic) bond motifs is 1. The third-order valence-corrected chi connectivity index (χ3v) is 4.49. The van der Waals surface area contributed by atoms with Crippen LogP contribution in [-0.2, 0) is 6.42 Å². The summed E-state index contributed by atoms with van der Waals surface area (Å²) in [4.78, 5) is 18.8. The summed E-state index contributed by atoms with van der Waals surface area (Å²) in [7, 11) is 0. The van der Waals surface area contributed by atoms with Gasteiger partial charge in [-0.3, -0.25) is 4.79 Å². The van der Waals surface area contributed by atoms with Crippen LogP contribution in [0.2, 0.25) is 0 Å². The largest absolute Gasteiger partial charge is 0.467 e. The molecular formula is C20H19N3O3. The quantitative estimate of drug-likeness (QED) is 0.740. The van der Waals surface area contributed by atoms with Gasteiger partial charge < -0.3 is 19.7 Å². The van der Waals surface area contributed by atoms with E-state index in [1.165, 1.54) is 11.8 Å². The molecule has 2 aromatic heterocycles. The van der Waals surface area contributed by atoms with Gasteiger partial charge in [0.15, 0.2) is 0 Å². The van der Waals surface area contributed by atoms with Gasteiger partial charge >= 0.3 is 0 Å². The number of carbonyl (C=O) groups excluding carboxylic acids is 1. The monoisotopic (exact) mass is 349 g/mol. The summed E-state index contributed by atoms with van der Waals surface area (Å²) in [6.45, 7) is 0.959. The number of aliphatic hydroxyl groups is 1. The molecule has 132 valence electrons. The van der Waals surface area contributed by atoms with Gasteiger partial charge in [0.05, 0.1) is 11.8 Å². The van der Waals surface area contributed by atoms with Gasteiger partial charge in [-0.05, 0) is 42.3 Å². The molecule has 26 heavy (non-hydrogen) atoms. The lowest BCUT2D eigenvalue weighted by atomic mass is 10.2. The first-order chi connectivity index (χ1) is 12.7. The highest BCUT2D eigenvalue weighted by atomic mass is 16.4. The van der Waals surface area contributed by atoms with Gasteiger partial charge in [0.25, 0.3) is 5.91 Å². The topological polar surface area (TPSA) is 78.6 Å². The molecule has 0 radical (unpaired) electrons. The van der Waals surface area contributed by atoms with Crippen molar-refractivity contribution in [2.75, 3.05) is 23.3 Å². The van der Waals surface area contributed by atoms with E-state index in [0.717, 1.165) is 12.1 Å². The zero-order valence-corrected chi connectivity index (χ0v) is 14.1. The smallest absolute Gasteiger partial charge is 0.259 e. The summed E-state index contributed by atoms with van der Waals surface area (Å²) in [5.74, 6) is 1.04. The number of nitrogens with one attached hydrogen (secondary N) is 1. The Kier molecular flexibility index (Phi) is 4.41. The third kappa shape index (κ3) is 3.19. The lowest BCUT2D eigenvalue weighted by Gasteiger charge is -2.17. The molecule has 6 nitrogen and oxygen atoms in total. The summed E-state index contributed by atoms with van der Waals surface area (Å²) >= 11 is 0. The maximum absolute atomic E-state index is 12.8. The SMILES string of the molecule is O=C(c1ccc(NCC(O)c2ccco2)nc1)N1CCc2ccccc21. The van der Waals surface area contributed by atoms with Crippen molar-refractivity contribution in [2.45, 2.75) is 12.5 Å². The number of benzene rings is 1. The first-order valence-electron chi connectivity index (χ1n) is 8.53. The molecule has 0 saturated heterocycles. The van der Waals surface area contributed by atoms with Crippen LogP contribution >= 0.6 is 0 Å². The number of para-hydroxylation sites is 1. The molecule has 1 aliphatic rings. The number of carbonyl (C=O) groups is 1. The number of anilines is 2. The number of aliphatic hydroxyl groups excluding tert-OH is 1. The summed E-state index contributed by atoms with van der Waals surface area (Å²) in [6, 6.07) is 14.9. The highest BCUT2D eigenvalue weighted by Crippen LogP contribution is 2.28. The van der Waals surface area contributed by atoms with Crippen molar-refractivity contribution in [3.63, 3.8) is 0 Å². The number of furan rings is 1. The Bertz CT molecular complexity index is 891. The van der Waals surface area contributed by atoms with Crippen molar-refractivity contribution in [3.05, 3.63) is 77.9 Å². The Balaban J connectivity index is 1.41. The minimum Gasteiger partial charge on any atom is -0.467 e. The molecule has 1 aromatic carbocycles. The maximum atomic E-state index is 12.8. The number of amides is 1. The van der Waals surface area contributed by atoms with E-state index < -0.39 is 6.10 Å². The van der Waals surface area contributed by atoms with Crippen molar-refractivity contribution in [1.29, 1.82) is 0 Å². The second-order valence-electron chi connectivity index (χ2n) is 6.18. The second kappa shape index (κ2) is 7.01. The standard InChI is InChI=1S/C20H19N3O3/c24-17(18-6-3-11-26-18)13-22-19-8-7-15(12-21-19)20(25)23-10-9-14-4-1-2-5-16(14)23/h1-8,11-12,17,24H,9-10,13H2,(H,21,22). The maximum Gasteiger partial charge on any atom is 0.259 e. The molecule has 0 saturated carbocycles. The van der Waals surface area contributed by atoms with Crippen LogP contribution in [0.15, 0.2) is 65.4 Å². The Labute approximate surface area is 151 Å². The van der Waals surface area contributed by atoms with E-state index in [2.05, 4.69) is 16.4 Å². The molecule has 0 aliphatic carbocycles. The van der Waals surface area contributed by atoms with Gasteiger partial charge in [0.1, 0.15) is 17.7 Å². The van der Waals surface area contributed by atoms with Crippen LogP contribution in [0.1, 0.15) is 27.8 Å². The van der Waals surface area contributed by atoms with Crippen LogP contribution in [0.5, 0.6) is 0 Å². The molecule has 3 aromatic rings. The van der Waals surface area contributed by atoms with Gasteiger partial charge in [0, 0.05) is 25.0 Å². The Morgan fingerprint density at radius 1 is 1.23 bits per heavy atom. The zero-order valence-electron chi connectivity index (χ0n) is 14.1. The van der Waals surface area contributed by atoms with Crippen LogP contribution < -0.4 is 10.2 Å². The fourth-order valence-corrected chi connectivity index (χ4v) is 3.11. The molecule has 1 aliphatic heterocycles. The number of hydrogen-bond acceptors (Lipinski definition) is 5. The molecule has 0 fully saturated rings. The van der Waals surface area contributed by atoms with Crippen LogP contribution in [0, 0.1) is 0 Å². The van der Waals surface area contributed by atoms with Crippen LogP contribution in [-0.4, -0.2) is 29.1 Å². The highest BCUT2D eigenvalue weighted by molar-refractivity contribution is 6.07. The van der Waals surface area contributed by atoms with Crippen molar-refractivity contribution in [3.8, 4) is 0 Å². The third-order valence-electron chi connectivity index (χ3n) is 4.49. The van der Waals surface area contributed by atoms with E-state index in [9.17, 15) is 9.90 Å². The van der Waals surface area contributed by atoms with Crippen molar-refractivity contribution >= 4 is 17.4 Å². The lowest BCUT2D eigenvalue weighted by molar-refractivity contribution is 0.0989. The molecule has 1 atom stereocenters. The number of pyridine rings is 1. The van der Waals surface area contributed by atoms with Crippen LogP contribution in [0.4, 0.5) is 11.5 Å². The molecular weight excluding hydrogens is 330 g/mol. The van der Waals surface area contributed by atoms with E-state index in [1.54, 1.807) is 35.4 Å². The number of nitrogens with zero attached hydrogens (tertiary/aromatic N) is 2. The summed E-state index contributed by atoms with van der Waals surface area (Å²) in [5, 5.41) is 13.0. The fraction of sp³-hybridized carbons (Fsp3) is 0.200. The summed E-state index contributed by atoms with van der Waals surface area (Å²) in [5.41, 5.74) is 2.71. The molecule has 0 bridgehead atoms. The predicted octanol–water partition coefficient (Wildman–Crippen LogP) is 3.02. The average molecular weight is 349 g/mol. The van der Waals surface area contributed by atoms with E-state index in [1.807, 2.05) is 18.2 Å². The van der Waals surface area contributed by atoms with Crippen LogP contribution in [0.3, 0.4) is 0 Å². The van der Waals surface area contributed by atoms with E-state index in [-0.39, 0.29) is 12.5 Å². The van der Waals surface area contributed by atoms with Crippen molar-refractivity contribution < 1.29 is 14.3 Å². The summed E-state index contributed by atoms with van der Waals surface area (Å²) < 4.78 is 5.16. The van der Waals surface area contributed by atoms with Crippen molar-refractivity contribution in [2.24, 2.45) is 0 Å². The molecule has 6 heteroatoms. The second-order valence-corrected chi connectivity index (χ2v) is 6.18. The highest BCUT2D eigenvalue weighted by Gasteiger charge is 2.25. The van der Waals surface area contributed by atoms with Gasteiger partial charge in [0.2, 0.25) is 0 Å². The average Bonchev–Trinajstić information content (AvgIpc) is 3.36.